The maximum atomic E-state index is 5.94. The Bertz CT molecular complexity index is 808. The van der Waals surface area contributed by atoms with E-state index >= 15 is 0 Å². The van der Waals surface area contributed by atoms with Gasteiger partial charge in [-0.2, -0.15) is 5.10 Å². The number of hydrazone groups is 1. The highest BCUT2D eigenvalue weighted by Crippen LogP contribution is 2.32. The molecule has 0 aromatic carbocycles. The normalized spacial score (nSPS) is 32.0. The fraction of sp³-hybridized carbons (Fsp3) is 0.636. The van der Waals surface area contributed by atoms with Gasteiger partial charge >= 0.3 is 0 Å². The number of rotatable bonds is 5. The van der Waals surface area contributed by atoms with Gasteiger partial charge in [0.1, 0.15) is 11.9 Å². The Morgan fingerprint density at radius 3 is 2.93 bits per heavy atom. The molecule has 4 N–H and O–H groups in total. The van der Waals surface area contributed by atoms with Crippen LogP contribution in [0.4, 0.5) is 0 Å². The van der Waals surface area contributed by atoms with Crippen molar-refractivity contribution in [2.45, 2.75) is 63.9 Å². The van der Waals surface area contributed by atoms with Crippen molar-refractivity contribution in [1.29, 1.82) is 0 Å². The molecule has 0 bridgehead atoms. The zero-order chi connectivity index (χ0) is 20.5. The van der Waals surface area contributed by atoms with E-state index in [1.54, 1.807) is 0 Å². The molecule has 30 heavy (non-hydrogen) atoms. The summed E-state index contributed by atoms with van der Waals surface area (Å²) in [6.07, 6.45) is 13.3. The van der Waals surface area contributed by atoms with Gasteiger partial charge in [0.2, 0.25) is 0 Å². The Hall–Kier alpha value is -2.16. The summed E-state index contributed by atoms with van der Waals surface area (Å²) in [7, 11) is 0. The largest absolute Gasteiger partial charge is 0.491 e. The number of nitrogens with zero attached hydrogens (tertiary/aromatic N) is 3. The van der Waals surface area contributed by atoms with Crippen LogP contribution in [0.5, 0.6) is 0 Å². The maximum absolute atomic E-state index is 5.94. The predicted octanol–water partition coefficient (Wildman–Crippen LogP) is 1.37. The Labute approximate surface area is 178 Å². The average molecular weight is 412 g/mol. The topological polar surface area (TPSA) is 85.3 Å². The Morgan fingerprint density at radius 2 is 2.10 bits per heavy atom. The number of hydrazine groups is 1. The lowest BCUT2D eigenvalue weighted by molar-refractivity contribution is 0.155. The molecule has 0 aromatic heterocycles. The van der Waals surface area contributed by atoms with Crippen LogP contribution in [-0.2, 0) is 4.74 Å². The second kappa shape index (κ2) is 8.53. The molecule has 5 aliphatic rings. The highest BCUT2D eigenvalue weighted by atomic mass is 16.5. The molecule has 8 nitrogen and oxygen atoms in total. The standard InChI is InChI=1S/C22H33N7O/c1-14(2)30-16-5-6-19-17(11-16)22(28-27-19)20-12-21(24-13-23-20)29-9-7-18(15-3-4-15)26-25-8-10-29/h5,11-15,19,21-22,25,27-28H,3-4,6-10H2,1-2H3,(H,23,24)/t19?,21?,22-/m1/s1. The highest BCUT2D eigenvalue weighted by Gasteiger charge is 2.35. The molecule has 0 radical (unpaired) electrons. The molecule has 2 aliphatic carbocycles. The van der Waals surface area contributed by atoms with Gasteiger partial charge in [0.25, 0.3) is 0 Å². The summed E-state index contributed by atoms with van der Waals surface area (Å²) < 4.78 is 5.94. The smallest absolute Gasteiger partial charge is 0.115 e. The van der Waals surface area contributed by atoms with Crippen molar-refractivity contribution < 1.29 is 4.74 Å². The number of allylic oxidation sites excluding steroid dienone is 1. The summed E-state index contributed by atoms with van der Waals surface area (Å²) in [5, 5.41) is 8.05. The van der Waals surface area contributed by atoms with E-state index < -0.39 is 0 Å². The van der Waals surface area contributed by atoms with E-state index in [0.717, 1.165) is 43.9 Å². The van der Waals surface area contributed by atoms with E-state index in [1.807, 2.05) is 6.34 Å². The van der Waals surface area contributed by atoms with E-state index in [0.29, 0.717) is 12.0 Å². The fourth-order valence-electron chi connectivity index (χ4n) is 4.58. The van der Waals surface area contributed by atoms with Crippen LogP contribution in [0.1, 0.15) is 39.5 Å². The molecule has 5 rings (SSSR count). The molecule has 1 saturated heterocycles. The van der Waals surface area contributed by atoms with Gasteiger partial charge in [-0.3, -0.25) is 4.90 Å². The second-order valence-electron chi connectivity index (χ2n) is 8.96. The molecule has 2 fully saturated rings. The van der Waals surface area contributed by atoms with Gasteiger partial charge in [0.15, 0.2) is 0 Å². The van der Waals surface area contributed by atoms with Crippen molar-refractivity contribution in [3.8, 4) is 0 Å². The van der Waals surface area contributed by atoms with Gasteiger partial charge in [0, 0.05) is 37.8 Å². The molecule has 1 saturated carbocycles. The Balaban J connectivity index is 1.30. The van der Waals surface area contributed by atoms with E-state index in [-0.39, 0.29) is 18.3 Å². The van der Waals surface area contributed by atoms with Crippen molar-refractivity contribution in [3.63, 3.8) is 0 Å². The summed E-state index contributed by atoms with van der Waals surface area (Å²) in [6.45, 7) is 6.97. The van der Waals surface area contributed by atoms with Crippen molar-refractivity contribution in [3.05, 3.63) is 35.3 Å². The van der Waals surface area contributed by atoms with Crippen LogP contribution in [-0.4, -0.2) is 60.9 Å². The minimum Gasteiger partial charge on any atom is -0.491 e. The third-order valence-corrected chi connectivity index (χ3v) is 6.29. The van der Waals surface area contributed by atoms with Gasteiger partial charge in [0.05, 0.1) is 24.2 Å². The van der Waals surface area contributed by atoms with Crippen molar-refractivity contribution in [2.75, 3.05) is 19.6 Å². The fourth-order valence-corrected chi connectivity index (χ4v) is 4.58. The molecule has 8 heteroatoms. The molecule has 3 heterocycles. The molecule has 0 spiro atoms. The minimum atomic E-state index is 0.0618. The molecular weight excluding hydrogens is 378 g/mol. The monoisotopic (exact) mass is 411 g/mol. The molecular formula is C22H33N7O. The van der Waals surface area contributed by atoms with E-state index in [4.69, 9.17) is 4.74 Å². The number of nitrogens with one attached hydrogen (secondary N) is 4. The number of fused-ring (bicyclic) bond motifs is 1. The number of hydrogen-bond donors (Lipinski definition) is 4. The molecule has 162 valence electrons. The summed E-state index contributed by atoms with van der Waals surface area (Å²) in [6, 6.07) is 0.355. The van der Waals surface area contributed by atoms with Crippen LogP contribution >= 0.6 is 0 Å². The van der Waals surface area contributed by atoms with Crippen molar-refractivity contribution in [2.24, 2.45) is 16.0 Å². The number of ether oxygens (including phenoxy) is 1. The van der Waals surface area contributed by atoms with E-state index in [1.165, 1.54) is 24.1 Å². The molecule has 3 aliphatic heterocycles. The Kier molecular flexibility index (Phi) is 5.62. The van der Waals surface area contributed by atoms with E-state index in [9.17, 15) is 0 Å². The van der Waals surface area contributed by atoms with Crippen LogP contribution < -0.4 is 21.6 Å². The zero-order valence-corrected chi connectivity index (χ0v) is 17.9. The highest BCUT2D eigenvalue weighted by molar-refractivity contribution is 5.88. The quantitative estimate of drug-likeness (QED) is 0.547. The molecule has 2 unspecified atom stereocenters. The first-order valence-electron chi connectivity index (χ1n) is 11.3. The van der Waals surface area contributed by atoms with Crippen LogP contribution in [0.3, 0.4) is 0 Å². The van der Waals surface area contributed by atoms with Gasteiger partial charge in [-0.15, -0.1) is 0 Å². The second-order valence-corrected chi connectivity index (χ2v) is 8.96. The SMILES string of the molecule is CC(C)OC1=CCC2NN[C@@H](C3=CC(N4CCNN=C(C5CC5)CC4)NC=N3)C2=C1. The van der Waals surface area contributed by atoms with Gasteiger partial charge < -0.3 is 15.5 Å². The summed E-state index contributed by atoms with van der Waals surface area (Å²) in [4.78, 5) is 7.17. The molecule has 0 aromatic rings. The number of hydrogen-bond acceptors (Lipinski definition) is 8. The lowest BCUT2D eigenvalue weighted by Crippen LogP contribution is -2.50. The Morgan fingerprint density at radius 1 is 1.20 bits per heavy atom. The first-order chi connectivity index (χ1) is 14.7. The van der Waals surface area contributed by atoms with Gasteiger partial charge in [-0.25, -0.2) is 15.8 Å². The van der Waals surface area contributed by atoms with Crippen LogP contribution in [0.2, 0.25) is 0 Å². The summed E-state index contributed by atoms with van der Waals surface area (Å²) in [5.74, 6) is 1.67. The predicted molar refractivity (Wildman–Crippen MR) is 119 cm³/mol. The van der Waals surface area contributed by atoms with Crippen molar-refractivity contribution in [1.82, 2.24) is 26.5 Å². The van der Waals surface area contributed by atoms with Crippen molar-refractivity contribution >= 4 is 12.1 Å². The third-order valence-electron chi connectivity index (χ3n) is 6.29. The van der Waals surface area contributed by atoms with Gasteiger partial charge in [-0.1, -0.05) is 0 Å². The first kappa shape index (κ1) is 19.8. The van der Waals surface area contributed by atoms with Gasteiger partial charge in [-0.05, 0) is 62.8 Å². The molecule has 3 atom stereocenters. The molecule has 0 amide bonds. The minimum absolute atomic E-state index is 0.0618. The van der Waals surface area contributed by atoms with Crippen LogP contribution in [0, 0.1) is 5.92 Å². The summed E-state index contributed by atoms with van der Waals surface area (Å²) in [5.41, 5.74) is 13.8. The average Bonchev–Trinajstić information content (AvgIpc) is 3.47. The van der Waals surface area contributed by atoms with Crippen LogP contribution in [0.25, 0.3) is 0 Å². The lowest BCUT2D eigenvalue weighted by Gasteiger charge is -2.33. The maximum Gasteiger partial charge on any atom is 0.115 e. The zero-order valence-electron chi connectivity index (χ0n) is 17.9. The third kappa shape index (κ3) is 4.31. The van der Waals surface area contributed by atoms with Crippen LogP contribution in [0.15, 0.2) is 45.4 Å². The summed E-state index contributed by atoms with van der Waals surface area (Å²) >= 11 is 0. The first-order valence-corrected chi connectivity index (χ1v) is 11.3. The lowest BCUT2D eigenvalue weighted by atomic mass is 9.92. The van der Waals surface area contributed by atoms with E-state index in [2.05, 4.69) is 68.7 Å². The number of aliphatic imine (C=N–C) groups is 1.